The van der Waals surface area contributed by atoms with E-state index in [1.165, 1.54) is 21.5 Å². The van der Waals surface area contributed by atoms with Crippen molar-refractivity contribution in [2.45, 2.75) is 0 Å². The number of halogens is 1. The van der Waals surface area contributed by atoms with Crippen LogP contribution in [0, 0.1) is 5.82 Å². The second-order valence-corrected chi connectivity index (χ2v) is 7.71. The summed E-state index contributed by atoms with van der Waals surface area (Å²) in [4.78, 5) is 0. The van der Waals surface area contributed by atoms with Crippen molar-refractivity contribution < 1.29 is 4.39 Å². The van der Waals surface area contributed by atoms with Gasteiger partial charge >= 0.3 is 0 Å². The van der Waals surface area contributed by atoms with Gasteiger partial charge in [0, 0.05) is 5.39 Å². The number of hydrogen-bond acceptors (Lipinski definition) is 2. The Kier molecular flexibility index (Phi) is 3.11. The molecular weight excluding hydrogens is 359 g/mol. The Hall–Kier alpha value is -3.85. The van der Waals surface area contributed by atoms with Crippen LogP contribution in [0.25, 0.3) is 53.9 Å². The first-order chi connectivity index (χ1) is 14.1. The van der Waals surface area contributed by atoms with Gasteiger partial charge in [0.15, 0.2) is 5.82 Å². The maximum Gasteiger partial charge on any atom is 0.156 e. The van der Waals surface area contributed by atoms with E-state index in [1.807, 2.05) is 12.1 Å². The van der Waals surface area contributed by atoms with Crippen LogP contribution < -0.4 is 11.5 Å². The molecule has 0 aliphatic rings. The van der Waals surface area contributed by atoms with Gasteiger partial charge < -0.3 is 11.5 Å². The van der Waals surface area contributed by atoms with Crippen molar-refractivity contribution in [1.29, 1.82) is 0 Å². The van der Waals surface area contributed by atoms with Crippen molar-refractivity contribution in [3.05, 3.63) is 84.7 Å². The molecule has 0 atom stereocenters. The number of fused-ring (bicyclic) bond motifs is 5. The lowest BCUT2D eigenvalue weighted by Crippen LogP contribution is -1.98. The van der Waals surface area contributed by atoms with Gasteiger partial charge in [0.1, 0.15) is 0 Å². The average Bonchev–Trinajstić information content (AvgIpc) is 2.72. The molecule has 3 heteroatoms. The zero-order valence-electron chi connectivity index (χ0n) is 15.5. The Bertz CT molecular complexity index is 1630. The minimum Gasteiger partial charge on any atom is -0.397 e. The maximum atomic E-state index is 14.7. The Labute approximate surface area is 166 Å². The Morgan fingerprint density at radius 2 is 0.897 bits per heavy atom. The molecule has 0 unspecified atom stereocenters. The fourth-order valence-corrected chi connectivity index (χ4v) is 4.34. The fraction of sp³-hybridized carbons (Fsp3) is 0. The monoisotopic (exact) mass is 376 g/mol. The normalized spacial score (nSPS) is 11.9. The highest BCUT2D eigenvalue weighted by Crippen LogP contribution is 2.34. The highest BCUT2D eigenvalue weighted by Gasteiger charge is 2.11. The third kappa shape index (κ3) is 2.34. The Morgan fingerprint density at radius 3 is 1.41 bits per heavy atom. The van der Waals surface area contributed by atoms with Crippen LogP contribution in [0.4, 0.5) is 15.8 Å². The summed E-state index contributed by atoms with van der Waals surface area (Å²) in [6.07, 6.45) is 0. The Balaban J connectivity index is 1.70. The minimum absolute atomic E-state index is 0.00973. The molecule has 29 heavy (non-hydrogen) atoms. The zero-order valence-corrected chi connectivity index (χ0v) is 15.5. The van der Waals surface area contributed by atoms with E-state index in [4.69, 9.17) is 11.5 Å². The standard InChI is InChI=1S/C26H17FN2/c27-25-23-12-21-10-19-8-17-6-15-4-2-1-3-14(15)5-16(17)7-18(19)9-20(21)11-22(23)13-24(28)26(25)29/h1-13H,28-29H2. The van der Waals surface area contributed by atoms with Crippen LogP contribution in [0.3, 0.4) is 0 Å². The summed E-state index contributed by atoms with van der Waals surface area (Å²) in [5.41, 5.74) is 11.9. The lowest BCUT2D eigenvalue weighted by Gasteiger charge is -2.10. The van der Waals surface area contributed by atoms with E-state index in [9.17, 15) is 4.39 Å². The third-order valence-corrected chi connectivity index (χ3v) is 5.88. The lowest BCUT2D eigenvalue weighted by molar-refractivity contribution is 0.645. The summed E-state index contributed by atoms with van der Waals surface area (Å²) in [5.74, 6) is -0.452. The molecule has 138 valence electrons. The molecule has 6 rings (SSSR count). The molecule has 0 spiro atoms. The van der Waals surface area contributed by atoms with Crippen molar-refractivity contribution >= 4 is 65.2 Å². The fourth-order valence-electron chi connectivity index (χ4n) is 4.34. The van der Waals surface area contributed by atoms with Crippen LogP contribution in [-0.4, -0.2) is 0 Å². The van der Waals surface area contributed by atoms with Gasteiger partial charge in [0.25, 0.3) is 0 Å². The van der Waals surface area contributed by atoms with Crippen LogP contribution in [0.15, 0.2) is 78.9 Å². The van der Waals surface area contributed by atoms with Gasteiger partial charge in [-0.05, 0) is 103 Å². The highest BCUT2D eigenvalue weighted by atomic mass is 19.1. The summed E-state index contributed by atoms with van der Waals surface area (Å²) in [7, 11) is 0. The summed E-state index contributed by atoms with van der Waals surface area (Å²) in [6.45, 7) is 0. The van der Waals surface area contributed by atoms with E-state index < -0.39 is 5.82 Å². The predicted molar refractivity (Wildman–Crippen MR) is 123 cm³/mol. The van der Waals surface area contributed by atoms with Gasteiger partial charge in [-0.3, -0.25) is 0 Å². The summed E-state index contributed by atoms with van der Waals surface area (Å²) in [6, 6.07) is 27.1. The topological polar surface area (TPSA) is 52.0 Å². The second kappa shape index (κ2) is 5.58. The summed E-state index contributed by atoms with van der Waals surface area (Å²) in [5, 5.41) is 10.4. The first-order valence-electron chi connectivity index (χ1n) is 9.54. The van der Waals surface area contributed by atoms with E-state index in [0.29, 0.717) is 5.39 Å². The lowest BCUT2D eigenvalue weighted by atomic mass is 9.96. The van der Waals surface area contributed by atoms with Crippen molar-refractivity contribution in [3.63, 3.8) is 0 Å². The van der Waals surface area contributed by atoms with Crippen LogP contribution >= 0.6 is 0 Å². The molecule has 0 aliphatic carbocycles. The molecule has 2 nitrogen and oxygen atoms in total. The second-order valence-electron chi connectivity index (χ2n) is 7.71. The molecule has 0 amide bonds. The van der Waals surface area contributed by atoms with Gasteiger partial charge in [-0.2, -0.15) is 0 Å². The first kappa shape index (κ1) is 16.1. The largest absolute Gasteiger partial charge is 0.397 e. The summed E-state index contributed by atoms with van der Waals surface area (Å²) < 4.78 is 14.7. The van der Waals surface area contributed by atoms with E-state index >= 15 is 0 Å². The zero-order chi connectivity index (χ0) is 19.7. The van der Waals surface area contributed by atoms with Crippen LogP contribution in [0.2, 0.25) is 0 Å². The molecule has 0 saturated heterocycles. The molecule has 6 aromatic carbocycles. The molecule has 0 saturated carbocycles. The molecule has 0 bridgehead atoms. The highest BCUT2D eigenvalue weighted by molar-refractivity contribution is 6.10. The van der Waals surface area contributed by atoms with Crippen LogP contribution in [0.1, 0.15) is 0 Å². The average molecular weight is 376 g/mol. The first-order valence-corrected chi connectivity index (χ1v) is 9.54. The van der Waals surface area contributed by atoms with Crippen LogP contribution in [0.5, 0.6) is 0 Å². The molecule has 4 N–H and O–H groups in total. The van der Waals surface area contributed by atoms with Crippen molar-refractivity contribution in [2.24, 2.45) is 0 Å². The third-order valence-electron chi connectivity index (χ3n) is 5.88. The van der Waals surface area contributed by atoms with E-state index in [2.05, 4.69) is 60.7 Å². The smallest absolute Gasteiger partial charge is 0.156 e. The van der Waals surface area contributed by atoms with E-state index in [-0.39, 0.29) is 11.4 Å². The van der Waals surface area contributed by atoms with Gasteiger partial charge in [0.05, 0.1) is 11.4 Å². The SMILES string of the molecule is Nc1cc2cc3cc4cc5cc6ccccc6cc5cc4cc3cc2c(F)c1N. The van der Waals surface area contributed by atoms with Gasteiger partial charge in [0.2, 0.25) is 0 Å². The maximum absolute atomic E-state index is 14.7. The van der Waals surface area contributed by atoms with Gasteiger partial charge in [-0.15, -0.1) is 0 Å². The number of nitrogen functional groups attached to an aromatic ring is 2. The molecule has 6 aromatic rings. The van der Waals surface area contributed by atoms with Crippen molar-refractivity contribution in [1.82, 2.24) is 0 Å². The molecule has 0 radical (unpaired) electrons. The molecule has 0 aliphatic heterocycles. The number of benzene rings is 6. The van der Waals surface area contributed by atoms with Crippen molar-refractivity contribution in [3.8, 4) is 0 Å². The molecule has 0 aromatic heterocycles. The number of anilines is 2. The quantitative estimate of drug-likeness (QED) is 0.227. The van der Waals surface area contributed by atoms with Crippen LogP contribution in [-0.2, 0) is 0 Å². The predicted octanol–water partition coefficient (Wildman–Crippen LogP) is 6.76. The van der Waals surface area contributed by atoms with Crippen molar-refractivity contribution in [2.75, 3.05) is 11.5 Å². The molecule has 0 fully saturated rings. The minimum atomic E-state index is -0.452. The molecular formula is C26H17FN2. The van der Waals surface area contributed by atoms with Gasteiger partial charge in [-0.1, -0.05) is 24.3 Å². The van der Waals surface area contributed by atoms with E-state index in [0.717, 1.165) is 26.9 Å². The van der Waals surface area contributed by atoms with Gasteiger partial charge in [-0.25, -0.2) is 4.39 Å². The number of nitrogens with two attached hydrogens (primary N) is 2. The molecule has 0 heterocycles. The Morgan fingerprint density at radius 1 is 0.483 bits per heavy atom. The summed E-state index contributed by atoms with van der Waals surface area (Å²) >= 11 is 0. The number of hydrogen-bond donors (Lipinski definition) is 2. The van der Waals surface area contributed by atoms with E-state index in [1.54, 1.807) is 6.07 Å². The number of rotatable bonds is 0.